The second kappa shape index (κ2) is 8.46. The van der Waals surface area contributed by atoms with Crippen molar-refractivity contribution in [1.29, 1.82) is 0 Å². The van der Waals surface area contributed by atoms with Crippen molar-refractivity contribution in [3.63, 3.8) is 0 Å². The molecule has 0 saturated heterocycles. The van der Waals surface area contributed by atoms with Gasteiger partial charge in [-0.3, -0.25) is 4.79 Å². The highest BCUT2D eigenvalue weighted by molar-refractivity contribution is 7.99. The molecule has 1 atom stereocenters. The van der Waals surface area contributed by atoms with Crippen LogP contribution in [0.5, 0.6) is 5.75 Å². The molecule has 2 aromatic rings. The lowest BCUT2D eigenvalue weighted by Crippen LogP contribution is -2.36. The molecular weight excluding hydrogens is 396 g/mol. The van der Waals surface area contributed by atoms with Crippen LogP contribution in [0.2, 0.25) is 0 Å². The van der Waals surface area contributed by atoms with Gasteiger partial charge in [0, 0.05) is 23.3 Å². The predicted octanol–water partition coefficient (Wildman–Crippen LogP) is 5.23. The third kappa shape index (κ3) is 4.00. The van der Waals surface area contributed by atoms with Gasteiger partial charge in [0.2, 0.25) is 11.1 Å². The Hall–Kier alpha value is -2.28. The van der Waals surface area contributed by atoms with Gasteiger partial charge in [0.1, 0.15) is 11.8 Å². The van der Waals surface area contributed by atoms with Crippen LogP contribution < -0.4 is 10.1 Å². The minimum absolute atomic E-state index is 0.0756. The van der Waals surface area contributed by atoms with Gasteiger partial charge >= 0.3 is 0 Å². The van der Waals surface area contributed by atoms with E-state index >= 15 is 0 Å². The second-order valence-electron chi connectivity index (χ2n) is 8.70. The minimum Gasteiger partial charge on any atom is -0.493 e. The summed E-state index contributed by atoms with van der Waals surface area (Å²) in [7, 11) is 0. The minimum atomic E-state index is -0.323. The van der Waals surface area contributed by atoms with Gasteiger partial charge in [-0.25, -0.2) is 4.68 Å². The first-order valence-corrected chi connectivity index (χ1v) is 11.8. The van der Waals surface area contributed by atoms with Crippen molar-refractivity contribution in [3.8, 4) is 5.75 Å². The lowest BCUT2D eigenvalue weighted by atomic mass is 9.73. The quantitative estimate of drug-likeness (QED) is 0.483. The van der Waals surface area contributed by atoms with Crippen molar-refractivity contribution in [1.82, 2.24) is 14.8 Å². The number of thioether (sulfide) groups is 1. The summed E-state index contributed by atoms with van der Waals surface area (Å²) in [6.07, 6.45) is 3.41. The van der Waals surface area contributed by atoms with Crippen LogP contribution in [0.4, 0.5) is 5.95 Å². The number of allylic oxidation sites excluding steroid dienone is 2. The van der Waals surface area contributed by atoms with Crippen molar-refractivity contribution >= 4 is 23.5 Å². The number of ketones is 1. The normalized spacial score (nSPS) is 19.9. The molecule has 7 heteroatoms. The molecule has 1 N–H and O–H groups in total. The molecule has 0 amide bonds. The number of anilines is 1. The Bertz CT molecular complexity index is 979. The zero-order valence-corrected chi connectivity index (χ0v) is 19.0. The Kier molecular flexibility index (Phi) is 5.91. The van der Waals surface area contributed by atoms with Gasteiger partial charge in [-0.1, -0.05) is 64.1 Å². The fourth-order valence-electron chi connectivity index (χ4n) is 4.23. The number of Topliss-reactive ketones (excluding diaryl/α,β-unsaturated/α-hetero) is 1. The molecule has 1 unspecified atom stereocenters. The van der Waals surface area contributed by atoms with Gasteiger partial charge in [0.05, 0.1) is 6.61 Å². The van der Waals surface area contributed by atoms with Gasteiger partial charge in [0.15, 0.2) is 5.78 Å². The summed E-state index contributed by atoms with van der Waals surface area (Å²) in [5.74, 6) is 2.58. The number of hydrogen-bond acceptors (Lipinski definition) is 6. The number of unbranched alkanes of at least 4 members (excludes halogenated alkanes) is 1. The highest BCUT2D eigenvalue weighted by Crippen LogP contribution is 2.47. The Morgan fingerprint density at radius 3 is 2.83 bits per heavy atom. The highest BCUT2D eigenvalue weighted by atomic mass is 32.2. The second-order valence-corrected chi connectivity index (χ2v) is 9.93. The number of rotatable bonds is 7. The third-order valence-corrected chi connectivity index (χ3v) is 6.27. The maximum Gasteiger partial charge on any atom is 0.227 e. The molecule has 0 spiro atoms. The first-order valence-electron chi connectivity index (χ1n) is 10.8. The first kappa shape index (κ1) is 21.0. The summed E-state index contributed by atoms with van der Waals surface area (Å²) >= 11 is 1.60. The molecule has 6 nitrogen and oxygen atoms in total. The molecule has 0 bridgehead atoms. The molecule has 4 rings (SSSR count). The lowest BCUT2D eigenvalue weighted by molar-refractivity contribution is -0.118. The smallest absolute Gasteiger partial charge is 0.227 e. The van der Waals surface area contributed by atoms with E-state index in [4.69, 9.17) is 14.8 Å². The van der Waals surface area contributed by atoms with Crippen LogP contribution in [0.25, 0.3) is 0 Å². The number of nitrogens with one attached hydrogen (secondary N) is 1. The summed E-state index contributed by atoms with van der Waals surface area (Å²) in [6, 6.07) is 7.69. The van der Waals surface area contributed by atoms with Gasteiger partial charge in [-0.15, -0.1) is 5.10 Å². The molecular formula is C23H30N4O2S. The van der Waals surface area contributed by atoms with Crippen LogP contribution in [-0.2, 0) is 4.79 Å². The third-order valence-electron chi connectivity index (χ3n) is 5.55. The van der Waals surface area contributed by atoms with Gasteiger partial charge in [0.25, 0.3) is 0 Å². The van der Waals surface area contributed by atoms with Crippen molar-refractivity contribution in [3.05, 3.63) is 41.1 Å². The Morgan fingerprint density at radius 1 is 1.27 bits per heavy atom. The van der Waals surface area contributed by atoms with Gasteiger partial charge in [-0.2, -0.15) is 4.98 Å². The van der Waals surface area contributed by atoms with Crippen LogP contribution in [0.15, 0.2) is 40.7 Å². The topological polar surface area (TPSA) is 69.0 Å². The van der Waals surface area contributed by atoms with E-state index in [1.54, 1.807) is 11.8 Å². The molecule has 2 heterocycles. The number of carbonyl (C=O) groups excluding carboxylic acids is 1. The van der Waals surface area contributed by atoms with Crippen LogP contribution in [0.3, 0.4) is 0 Å². The summed E-state index contributed by atoms with van der Waals surface area (Å²) in [5.41, 5.74) is 2.66. The number of aromatic nitrogens is 3. The van der Waals surface area contributed by atoms with Gasteiger partial charge in [-0.05, 0) is 30.1 Å². The van der Waals surface area contributed by atoms with Crippen LogP contribution in [0.1, 0.15) is 65.0 Å². The summed E-state index contributed by atoms with van der Waals surface area (Å²) in [5, 5.41) is 8.91. The SMILES string of the molecule is CCCCOc1ccccc1C1C2=C(CC(C)(C)CC2=O)Nc2nc(SCC)nn21. The maximum atomic E-state index is 13.3. The van der Waals surface area contributed by atoms with Crippen LogP contribution >= 0.6 is 11.8 Å². The monoisotopic (exact) mass is 426 g/mol. The van der Waals surface area contributed by atoms with Crippen molar-refractivity contribution in [2.24, 2.45) is 5.41 Å². The molecule has 30 heavy (non-hydrogen) atoms. The molecule has 160 valence electrons. The molecule has 1 aliphatic carbocycles. The van der Waals surface area contributed by atoms with Gasteiger partial charge < -0.3 is 10.1 Å². The standard InChI is InChI=1S/C23H30N4O2S/c1-5-7-12-29-18-11-9-8-10-15(18)20-19-16(13-23(3,4)14-17(19)28)24-21-25-22(30-6-2)26-27(20)21/h8-11,20H,5-7,12-14H2,1-4H3,(H,24,25,26). The molecule has 0 fully saturated rings. The number of para-hydroxylation sites is 1. The number of ether oxygens (including phenoxy) is 1. The largest absolute Gasteiger partial charge is 0.493 e. The Labute approximate surface area is 182 Å². The van der Waals surface area contributed by atoms with E-state index in [9.17, 15) is 4.79 Å². The van der Waals surface area contributed by atoms with E-state index < -0.39 is 0 Å². The highest BCUT2D eigenvalue weighted by Gasteiger charge is 2.42. The molecule has 1 aromatic heterocycles. The lowest BCUT2D eigenvalue weighted by Gasteiger charge is -2.38. The van der Waals surface area contributed by atoms with E-state index in [1.807, 2.05) is 28.9 Å². The average Bonchev–Trinajstić information content (AvgIpc) is 3.08. The average molecular weight is 427 g/mol. The number of nitrogens with zero attached hydrogens (tertiary/aromatic N) is 3. The molecule has 2 aliphatic rings. The summed E-state index contributed by atoms with van der Waals surface area (Å²) in [6.45, 7) is 9.18. The van der Waals surface area contributed by atoms with E-state index in [1.165, 1.54) is 0 Å². The van der Waals surface area contributed by atoms with Crippen molar-refractivity contribution < 1.29 is 9.53 Å². The van der Waals surface area contributed by atoms with E-state index in [2.05, 4.69) is 33.0 Å². The fraction of sp³-hybridized carbons (Fsp3) is 0.522. The molecule has 0 radical (unpaired) electrons. The van der Waals surface area contributed by atoms with Crippen molar-refractivity contribution in [2.45, 2.75) is 64.6 Å². The number of benzene rings is 1. The number of carbonyl (C=O) groups is 1. The fourth-order valence-corrected chi connectivity index (χ4v) is 4.79. The van der Waals surface area contributed by atoms with E-state index in [0.717, 1.165) is 52.8 Å². The number of fused-ring (bicyclic) bond motifs is 1. The maximum absolute atomic E-state index is 13.3. The molecule has 1 aliphatic heterocycles. The van der Waals surface area contributed by atoms with Crippen LogP contribution in [0, 0.1) is 5.41 Å². The predicted molar refractivity (Wildman–Crippen MR) is 120 cm³/mol. The summed E-state index contributed by atoms with van der Waals surface area (Å²) in [4.78, 5) is 18.0. The molecule has 0 saturated carbocycles. The van der Waals surface area contributed by atoms with E-state index in [0.29, 0.717) is 19.0 Å². The zero-order valence-electron chi connectivity index (χ0n) is 18.2. The van der Waals surface area contributed by atoms with Crippen LogP contribution in [-0.4, -0.2) is 32.9 Å². The van der Waals surface area contributed by atoms with Crippen molar-refractivity contribution in [2.75, 3.05) is 17.7 Å². The molecule has 1 aromatic carbocycles. The Balaban J connectivity index is 1.84. The van der Waals surface area contributed by atoms with E-state index in [-0.39, 0.29) is 17.2 Å². The Morgan fingerprint density at radius 2 is 2.07 bits per heavy atom. The first-order chi connectivity index (χ1) is 14.4. The summed E-state index contributed by atoms with van der Waals surface area (Å²) < 4.78 is 8.01. The zero-order chi connectivity index (χ0) is 21.3. The number of hydrogen-bond donors (Lipinski definition) is 1.